The number of amides is 1. The second-order valence-electron chi connectivity index (χ2n) is 5.99. The Hall–Kier alpha value is -2.66. The molecule has 0 unspecified atom stereocenters. The molecule has 0 radical (unpaired) electrons. The zero-order valence-corrected chi connectivity index (χ0v) is 16.2. The average Bonchev–Trinajstić information content (AvgIpc) is 2.66. The van der Waals surface area contributed by atoms with Gasteiger partial charge in [0.1, 0.15) is 5.75 Å². The van der Waals surface area contributed by atoms with Gasteiger partial charge in [-0.05, 0) is 52.2 Å². The smallest absolute Gasteiger partial charge is 0.277 e. The third-order valence-electron chi connectivity index (χ3n) is 4.00. The highest BCUT2D eigenvalue weighted by Crippen LogP contribution is 2.32. The fourth-order valence-corrected chi connectivity index (χ4v) is 3.11. The number of benzene rings is 3. The van der Waals surface area contributed by atoms with Gasteiger partial charge in [-0.2, -0.15) is 5.10 Å². The van der Waals surface area contributed by atoms with Crippen molar-refractivity contribution < 1.29 is 9.53 Å². The van der Waals surface area contributed by atoms with Crippen molar-refractivity contribution in [2.45, 2.75) is 13.8 Å². The predicted octanol–water partition coefficient (Wildman–Crippen LogP) is 4.83. The summed E-state index contributed by atoms with van der Waals surface area (Å²) in [5.41, 5.74) is 5.42. The number of rotatable bonds is 5. The van der Waals surface area contributed by atoms with Crippen LogP contribution in [-0.4, -0.2) is 18.2 Å². The van der Waals surface area contributed by atoms with E-state index in [0.29, 0.717) is 5.75 Å². The lowest BCUT2D eigenvalue weighted by Gasteiger charge is -2.10. The van der Waals surface area contributed by atoms with Gasteiger partial charge in [-0.25, -0.2) is 5.43 Å². The van der Waals surface area contributed by atoms with E-state index in [1.165, 1.54) is 5.56 Å². The van der Waals surface area contributed by atoms with Gasteiger partial charge in [0.15, 0.2) is 6.61 Å². The highest BCUT2D eigenvalue weighted by Gasteiger charge is 2.08. The van der Waals surface area contributed by atoms with Crippen LogP contribution in [0.5, 0.6) is 5.75 Å². The van der Waals surface area contributed by atoms with Crippen molar-refractivity contribution in [1.29, 1.82) is 0 Å². The molecule has 1 N–H and O–H groups in total. The molecule has 0 fully saturated rings. The fourth-order valence-electron chi connectivity index (χ4n) is 2.51. The molecule has 0 aliphatic rings. The minimum Gasteiger partial charge on any atom is -0.483 e. The molecule has 4 nitrogen and oxygen atoms in total. The summed E-state index contributed by atoms with van der Waals surface area (Å²) >= 11 is 3.55. The van der Waals surface area contributed by atoms with Crippen LogP contribution >= 0.6 is 15.9 Å². The van der Waals surface area contributed by atoms with Crippen molar-refractivity contribution in [2.75, 3.05) is 6.61 Å². The van der Waals surface area contributed by atoms with Crippen molar-refractivity contribution in [3.05, 3.63) is 76.3 Å². The minimum atomic E-state index is -0.309. The normalized spacial score (nSPS) is 11.4. The summed E-state index contributed by atoms with van der Waals surface area (Å²) in [7, 11) is 0. The van der Waals surface area contributed by atoms with Gasteiger partial charge in [0.2, 0.25) is 0 Å². The number of aryl methyl sites for hydroxylation is 1. The monoisotopic (exact) mass is 410 g/mol. The highest BCUT2D eigenvalue weighted by atomic mass is 79.9. The number of carbonyl (C=O) groups is 1. The number of nitrogens with zero attached hydrogens (tertiary/aromatic N) is 1. The maximum Gasteiger partial charge on any atom is 0.277 e. The molecule has 0 heterocycles. The number of fused-ring (bicyclic) bond motifs is 1. The van der Waals surface area contributed by atoms with Crippen LogP contribution in [0.15, 0.2) is 70.2 Å². The fraction of sp³-hybridized carbons (Fsp3) is 0.143. The molecule has 0 bridgehead atoms. The van der Waals surface area contributed by atoms with Crippen molar-refractivity contribution in [3.8, 4) is 5.75 Å². The Morgan fingerprint density at radius 3 is 2.58 bits per heavy atom. The molecule has 5 heteroatoms. The number of hydrogen-bond donors (Lipinski definition) is 1. The average molecular weight is 411 g/mol. The lowest BCUT2D eigenvalue weighted by Crippen LogP contribution is -2.25. The molecular weight excluding hydrogens is 392 g/mol. The van der Waals surface area contributed by atoms with Crippen LogP contribution in [0, 0.1) is 6.92 Å². The Morgan fingerprint density at radius 2 is 1.81 bits per heavy atom. The zero-order valence-electron chi connectivity index (χ0n) is 14.6. The third kappa shape index (κ3) is 4.29. The van der Waals surface area contributed by atoms with Crippen molar-refractivity contribution >= 4 is 38.3 Å². The largest absolute Gasteiger partial charge is 0.483 e. The SMILES string of the molecule is CC(=NNC(=O)COc1ccc2ccccc2c1Br)c1ccc(C)cc1. The summed E-state index contributed by atoms with van der Waals surface area (Å²) in [5, 5.41) is 6.28. The van der Waals surface area contributed by atoms with E-state index in [1.807, 2.05) is 74.5 Å². The Bertz CT molecular complexity index is 965. The summed E-state index contributed by atoms with van der Waals surface area (Å²) in [6.07, 6.45) is 0. The summed E-state index contributed by atoms with van der Waals surface area (Å²) < 4.78 is 6.47. The number of hydrogen-bond acceptors (Lipinski definition) is 3. The minimum absolute atomic E-state index is 0.110. The first kappa shape index (κ1) is 18.1. The van der Waals surface area contributed by atoms with Crippen molar-refractivity contribution in [1.82, 2.24) is 5.43 Å². The summed E-state index contributed by atoms with van der Waals surface area (Å²) in [5.74, 6) is 0.314. The van der Waals surface area contributed by atoms with Gasteiger partial charge < -0.3 is 4.74 Å². The molecule has 26 heavy (non-hydrogen) atoms. The van der Waals surface area contributed by atoms with Crippen LogP contribution in [0.1, 0.15) is 18.1 Å². The van der Waals surface area contributed by atoms with E-state index < -0.39 is 0 Å². The first-order valence-electron chi connectivity index (χ1n) is 8.25. The molecule has 0 aliphatic carbocycles. The van der Waals surface area contributed by atoms with Crippen molar-refractivity contribution in [3.63, 3.8) is 0 Å². The Morgan fingerprint density at radius 1 is 1.08 bits per heavy atom. The molecule has 0 saturated carbocycles. The molecular formula is C21H19BrN2O2. The van der Waals surface area contributed by atoms with E-state index in [9.17, 15) is 4.79 Å². The van der Waals surface area contributed by atoms with Gasteiger partial charge in [-0.3, -0.25) is 4.79 Å². The second kappa shape index (κ2) is 8.15. The van der Waals surface area contributed by atoms with Gasteiger partial charge in [0.05, 0.1) is 10.2 Å². The van der Waals surface area contributed by atoms with Crippen molar-refractivity contribution in [2.24, 2.45) is 5.10 Å². The number of ether oxygens (including phenoxy) is 1. The quantitative estimate of drug-likeness (QED) is 0.483. The standard InChI is InChI=1S/C21H19BrN2O2/c1-14-7-9-16(10-8-14)15(2)23-24-20(25)13-26-19-12-11-17-5-3-4-6-18(17)21(19)22/h3-12H,13H2,1-2H3,(H,24,25). The Balaban J connectivity index is 1.61. The number of halogens is 1. The predicted molar refractivity (Wildman–Crippen MR) is 109 cm³/mol. The summed E-state index contributed by atoms with van der Waals surface area (Å²) in [6.45, 7) is 3.77. The summed E-state index contributed by atoms with van der Waals surface area (Å²) in [4.78, 5) is 12.0. The molecule has 0 aliphatic heterocycles. The van der Waals surface area contributed by atoms with Crippen LogP contribution in [0.2, 0.25) is 0 Å². The lowest BCUT2D eigenvalue weighted by atomic mass is 10.1. The molecule has 3 rings (SSSR count). The van der Waals surface area contributed by atoms with Gasteiger partial charge >= 0.3 is 0 Å². The van der Waals surface area contributed by atoms with Gasteiger partial charge in [0.25, 0.3) is 5.91 Å². The van der Waals surface area contributed by atoms with E-state index in [2.05, 4.69) is 26.5 Å². The molecule has 0 spiro atoms. The molecule has 132 valence electrons. The van der Waals surface area contributed by atoms with E-state index in [0.717, 1.165) is 26.5 Å². The van der Waals surface area contributed by atoms with E-state index in [1.54, 1.807) is 0 Å². The maximum atomic E-state index is 12.0. The van der Waals surface area contributed by atoms with Gasteiger partial charge in [-0.1, -0.05) is 60.2 Å². The topological polar surface area (TPSA) is 50.7 Å². The number of nitrogens with one attached hydrogen (secondary N) is 1. The molecule has 0 atom stereocenters. The third-order valence-corrected chi connectivity index (χ3v) is 4.82. The van der Waals surface area contributed by atoms with Crippen LogP contribution in [0.4, 0.5) is 0 Å². The van der Waals surface area contributed by atoms with E-state index in [4.69, 9.17) is 4.74 Å². The summed E-state index contributed by atoms with van der Waals surface area (Å²) in [6, 6.07) is 19.8. The first-order valence-corrected chi connectivity index (χ1v) is 9.04. The molecule has 3 aromatic rings. The van der Waals surface area contributed by atoms with Gasteiger partial charge in [-0.15, -0.1) is 0 Å². The maximum absolute atomic E-state index is 12.0. The van der Waals surface area contributed by atoms with Crippen LogP contribution in [-0.2, 0) is 4.79 Å². The molecule has 0 aromatic heterocycles. The lowest BCUT2D eigenvalue weighted by molar-refractivity contribution is -0.123. The van der Waals surface area contributed by atoms with E-state index >= 15 is 0 Å². The molecule has 1 amide bonds. The van der Waals surface area contributed by atoms with Crippen LogP contribution < -0.4 is 10.2 Å². The van der Waals surface area contributed by atoms with Crippen LogP contribution in [0.3, 0.4) is 0 Å². The molecule has 3 aromatic carbocycles. The first-order chi connectivity index (χ1) is 12.5. The van der Waals surface area contributed by atoms with E-state index in [-0.39, 0.29) is 12.5 Å². The van der Waals surface area contributed by atoms with Crippen LogP contribution in [0.25, 0.3) is 10.8 Å². The zero-order chi connectivity index (χ0) is 18.5. The molecule has 0 saturated heterocycles. The Kier molecular flexibility index (Phi) is 5.68. The highest BCUT2D eigenvalue weighted by molar-refractivity contribution is 9.10. The Labute approximate surface area is 161 Å². The second-order valence-corrected chi connectivity index (χ2v) is 6.78. The van der Waals surface area contributed by atoms with Gasteiger partial charge in [0, 0.05) is 0 Å². The number of carbonyl (C=O) groups excluding carboxylic acids is 1. The number of hydrazone groups is 1.